The molecule has 0 aliphatic carbocycles. The number of carbonyl (C=O) groups excluding carboxylic acids is 1. The summed E-state index contributed by atoms with van der Waals surface area (Å²) >= 11 is 5.99. The lowest BCUT2D eigenvalue weighted by Crippen LogP contribution is -2.44. The molecule has 1 aromatic heterocycles. The van der Waals surface area contributed by atoms with Crippen LogP contribution in [0.25, 0.3) is 0 Å². The molecule has 0 bridgehead atoms. The Morgan fingerprint density at radius 2 is 2.09 bits per heavy atom. The van der Waals surface area contributed by atoms with Crippen molar-refractivity contribution in [3.05, 3.63) is 59.0 Å². The predicted molar refractivity (Wildman–Crippen MR) is 93.2 cm³/mol. The maximum atomic E-state index is 12.2. The molecule has 23 heavy (non-hydrogen) atoms. The number of piperidine rings is 1. The monoisotopic (exact) mass is 354 g/mol. The first kappa shape index (κ1) is 17.9. The molecule has 0 unspecified atom stereocenters. The van der Waals surface area contributed by atoms with E-state index >= 15 is 0 Å². The van der Waals surface area contributed by atoms with Crippen molar-refractivity contribution in [3.63, 3.8) is 0 Å². The van der Waals surface area contributed by atoms with Gasteiger partial charge < -0.3 is 14.6 Å². The molecular weight excluding hydrogens is 335 g/mol. The van der Waals surface area contributed by atoms with Crippen molar-refractivity contribution in [1.82, 2.24) is 10.2 Å². The molecule has 0 spiro atoms. The fraction of sp³-hybridized carbons (Fsp3) is 0.353. The molecule has 124 valence electrons. The van der Waals surface area contributed by atoms with Crippen molar-refractivity contribution in [1.29, 1.82) is 0 Å². The normalized spacial score (nSPS) is 15.3. The molecule has 1 fully saturated rings. The number of furan rings is 1. The number of nitrogens with one attached hydrogen (secondary N) is 1. The molecule has 1 amide bonds. The Labute approximate surface area is 147 Å². The average Bonchev–Trinajstić information content (AvgIpc) is 3.07. The molecule has 0 saturated carbocycles. The molecule has 6 heteroatoms. The maximum absolute atomic E-state index is 12.2. The zero-order chi connectivity index (χ0) is 15.4. The van der Waals surface area contributed by atoms with Gasteiger partial charge >= 0.3 is 0 Å². The van der Waals surface area contributed by atoms with Crippen LogP contribution in [0, 0.1) is 0 Å². The molecule has 0 atom stereocenters. The second-order valence-corrected chi connectivity index (χ2v) is 6.03. The van der Waals surface area contributed by atoms with E-state index in [2.05, 4.69) is 11.4 Å². The van der Waals surface area contributed by atoms with Gasteiger partial charge in [-0.2, -0.15) is 0 Å². The van der Waals surface area contributed by atoms with Gasteiger partial charge in [-0.25, -0.2) is 0 Å². The van der Waals surface area contributed by atoms with Crippen LogP contribution < -0.4 is 5.32 Å². The minimum Gasteiger partial charge on any atom is -0.472 e. The third-order valence-corrected chi connectivity index (χ3v) is 4.27. The Kier molecular flexibility index (Phi) is 6.51. The molecule has 1 aromatic carbocycles. The molecule has 1 aliphatic rings. The third-order valence-electron chi connectivity index (χ3n) is 4.03. The van der Waals surface area contributed by atoms with Crippen molar-refractivity contribution in [2.75, 3.05) is 13.1 Å². The fourth-order valence-corrected chi connectivity index (χ4v) is 2.98. The topological polar surface area (TPSA) is 45.5 Å². The number of rotatable bonds is 4. The highest BCUT2D eigenvalue weighted by Crippen LogP contribution is 2.16. The van der Waals surface area contributed by atoms with Crippen LogP contribution in [0.15, 0.2) is 47.3 Å². The largest absolute Gasteiger partial charge is 0.472 e. The standard InChI is InChI=1S/C17H19ClN2O2.ClH/c18-15-3-1-2-13(10-15)11-19-16-4-7-20(8-5-16)17(21)14-6-9-22-12-14;/h1-3,6,9-10,12,16,19H,4-5,7-8,11H2;1H. The third kappa shape index (κ3) is 4.74. The number of hydrogen-bond acceptors (Lipinski definition) is 3. The molecule has 1 N–H and O–H groups in total. The summed E-state index contributed by atoms with van der Waals surface area (Å²) in [6.45, 7) is 2.36. The van der Waals surface area contributed by atoms with Gasteiger partial charge in [0.2, 0.25) is 0 Å². The van der Waals surface area contributed by atoms with E-state index in [1.165, 1.54) is 18.1 Å². The van der Waals surface area contributed by atoms with Crippen molar-refractivity contribution in [3.8, 4) is 0 Å². The highest BCUT2D eigenvalue weighted by atomic mass is 35.5. The van der Waals surface area contributed by atoms with Gasteiger partial charge in [-0.1, -0.05) is 23.7 Å². The minimum atomic E-state index is 0. The first-order valence-electron chi connectivity index (χ1n) is 7.51. The molecule has 0 radical (unpaired) electrons. The van der Waals surface area contributed by atoms with E-state index in [-0.39, 0.29) is 18.3 Å². The molecule has 3 rings (SSSR count). The lowest BCUT2D eigenvalue weighted by Gasteiger charge is -2.32. The first-order valence-corrected chi connectivity index (χ1v) is 7.89. The van der Waals surface area contributed by atoms with Gasteiger partial charge in [-0.15, -0.1) is 12.4 Å². The SMILES string of the molecule is Cl.O=C(c1ccoc1)N1CCC(NCc2cccc(Cl)c2)CC1. The molecular formula is C17H20Cl2N2O2. The van der Waals surface area contributed by atoms with Gasteiger partial charge in [-0.05, 0) is 36.6 Å². The predicted octanol–water partition coefficient (Wildman–Crippen LogP) is 3.75. The summed E-state index contributed by atoms with van der Waals surface area (Å²) in [6.07, 6.45) is 4.96. The van der Waals surface area contributed by atoms with E-state index in [9.17, 15) is 4.79 Å². The van der Waals surface area contributed by atoms with Crippen LogP contribution in [0.4, 0.5) is 0 Å². The number of carbonyl (C=O) groups is 1. The zero-order valence-electron chi connectivity index (χ0n) is 12.7. The number of halogens is 2. The van der Waals surface area contributed by atoms with E-state index in [0.29, 0.717) is 11.6 Å². The van der Waals surface area contributed by atoms with Crippen LogP contribution in [0.3, 0.4) is 0 Å². The first-order chi connectivity index (χ1) is 10.7. The summed E-state index contributed by atoms with van der Waals surface area (Å²) in [7, 11) is 0. The van der Waals surface area contributed by atoms with Gasteiger partial charge in [0.15, 0.2) is 0 Å². The average molecular weight is 355 g/mol. The molecule has 2 heterocycles. The quantitative estimate of drug-likeness (QED) is 0.909. The Balaban J connectivity index is 0.00000192. The maximum Gasteiger partial charge on any atom is 0.257 e. The Morgan fingerprint density at radius 3 is 2.74 bits per heavy atom. The second-order valence-electron chi connectivity index (χ2n) is 5.59. The smallest absolute Gasteiger partial charge is 0.257 e. The summed E-state index contributed by atoms with van der Waals surface area (Å²) in [5.41, 5.74) is 1.81. The number of amides is 1. The van der Waals surface area contributed by atoms with Gasteiger partial charge in [0.1, 0.15) is 6.26 Å². The number of benzene rings is 1. The van der Waals surface area contributed by atoms with Gasteiger partial charge in [0.25, 0.3) is 5.91 Å². The van der Waals surface area contributed by atoms with Gasteiger partial charge in [-0.3, -0.25) is 4.79 Å². The van der Waals surface area contributed by atoms with Crippen LogP contribution in [0.5, 0.6) is 0 Å². The summed E-state index contributed by atoms with van der Waals surface area (Å²) in [5, 5.41) is 4.31. The molecule has 1 aliphatic heterocycles. The van der Waals surface area contributed by atoms with Crippen LogP contribution >= 0.6 is 24.0 Å². The van der Waals surface area contributed by atoms with Gasteiger partial charge in [0, 0.05) is 30.7 Å². The van der Waals surface area contributed by atoms with E-state index in [0.717, 1.165) is 37.5 Å². The van der Waals surface area contributed by atoms with E-state index < -0.39 is 0 Å². The lowest BCUT2D eigenvalue weighted by molar-refractivity contribution is 0.0704. The second kappa shape index (κ2) is 8.39. The van der Waals surface area contributed by atoms with E-state index in [1.54, 1.807) is 6.07 Å². The highest BCUT2D eigenvalue weighted by molar-refractivity contribution is 6.30. The number of nitrogens with zero attached hydrogens (tertiary/aromatic N) is 1. The number of hydrogen-bond donors (Lipinski definition) is 1. The van der Waals surface area contributed by atoms with Gasteiger partial charge in [0.05, 0.1) is 11.8 Å². The highest BCUT2D eigenvalue weighted by Gasteiger charge is 2.23. The minimum absolute atomic E-state index is 0. The molecule has 2 aromatic rings. The van der Waals surface area contributed by atoms with Crippen LogP contribution in [-0.2, 0) is 6.54 Å². The number of likely N-dealkylation sites (tertiary alicyclic amines) is 1. The lowest BCUT2D eigenvalue weighted by atomic mass is 10.0. The van der Waals surface area contributed by atoms with E-state index in [4.69, 9.17) is 16.0 Å². The zero-order valence-corrected chi connectivity index (χ0v) is 14.3. The van der Waals surface area contributed by atoms with E-state index in [1.807, 2.05) is 23.1 Å². The Morgan fingerprint density at radius 1 is 1.30 bits per heavy atom. The van der Waals surface area contributed by atoms with Crippen molar-refractivity contribution in [2.24, 2.45) is 0 Å². The Bertz CT molecular complexity index is 623. The van der Waals surface area contributed by atoms with Crippen molar-refractivity contribution < 1.29 is 9.21 Å². The molecule has 1 saturated heterocycles. The molecule has 4 nitrogen and oxygen atoms in total. The summed E-state index contributed by atoms with van der Waals surface area (Å²) < 4.78 is 4.97. The van der Waals surface area contributed by atoms with Crippen LogP contribution in [0.1, 0.15) is 28.8 Å². The Hall–Kier alpha value is -1.49. The van der Waals surface area contributed by atoms with Crippen molar-refractivity contribution >= 4 is 29.9 Å². The van der Waals surface area contributed by atoms with Crippen LogP contribution in [-0.4, -0.2) is 29.9 Å². The summed E-state index contributed by atoms with van der Waals surface area (Å²) in [5.74, 6) is 0.0574. The summed E-state index contributed by atoms with van der Waals surface area (Å²) in [6, 6.07) is 10.0. The van der Waals surface area contributed by atoms with Crippen molar-refractivity contribution in [2.45, 2.75) is 25.4 Å². The summed E-state index contributed by atoms with van der Waals surface area (Å²) in [4.78, 5) is 14.1. The van der Waals surface area contributed by atoms with Crippen LogP contribution in [0.2, 0.25) is 5.02 Å². The fourth-order valence-electron chi connectivity index (χ4n) is 2.76.